The van der Waals surface area contributed by atoms with Crippen molar-refractivity contribution in [3.8, 4) is 0 Å². The van der Waals surface area contributed by atoms with Crippen LogP contribution in [0.15, 0.2) is 23.3 Å². The number of carbonyl (C=O) groups is 2. The number of ketones is 1. The summed E-state index contributed by atoms with van der Waals surface area (Å²) in [5, 5.41) is 0. The molecule has 100 valence electrons. The van der Waals surface area contributed by atoms with E-state index in [-0.39, 0.29) is 11.4 Å². The molecule has 0 radical (unpaired) electrons. The molecule has 0 amide bonds. The largest absolute Gasteiger partial charge is 0.462 e. The zero-order chi connectivity index (χ0) is 13.4. The van der Waals surface area contributed by atoms with Gasteiger partial charge in [-0.2, -0.15) is 0 Å². The Morgan fingerprint density at radius 1 is 1.33 bits per heavy atom. The van der Waals surface area contributed by atoms with Crippen LogP contribution in [-0.2, 0) is 14.3 Å². The molecule has 0 aromatic rings. The average Bonchev–Trinajstić information content (AvgIpc) is 2.42. The lowest BCUT2D eigenvalue weighted by Crippen LogP contribution is -2.16. The van der Waals surface area contributed by atoms with Gasteiger partial charge in [-0.3, -0.25) is 4.79 Å². The molecule has 0 aromatic heterocycles. The number of allylic oxidation sites excluding steroid dienone is 3. The number of esters is 1. The van der Waals surface area contributed by atoms with E-state index < -0.39 is 5.97 Å². The number of hydrogen-bond donors (Lipinski definition) is 0. The molecule has 0 spiro atoms. The van der Waals surface area contributed by atoms with Gasteiger partial charge < -0.3 is 4.74 Å². The van der Waals surface area contributed by atoms with Crippen LogP contribution in [0.4, 0.5) is 0 Å². The molecule has 0 heterocycles. The highest BCUT2D eigenvalue weighted by atomic mass is 16.5. The highest BCUT2D eigenvalue weighted by Gasteiger charge is 2.18. The molecule has 0 saturated heterocycles. The van der Waals surface area contributed by atoms with Gasteiger partial charge in [-0.05, 0) is 38.2 Å². The molecule has 0 saturated carbocycles. The molecule has 0 N–H and O–H groups in total. The topological polar surface area (TPSA) is 43.4 Å². The van der Waals surface area contributed by atoms with E-state index in [0.29, 0.717) is 13.0 Å². The van der Waals surface area contributed by atoms with Crippen molar-refractivity contribution in [2.45, 2.75) is 52.4 Å². The van der Waals surface area contributed by atoms with Gasteiger partial charge in [0.05, 0.1) is 6.61 Å². The highest BCUT2D eigenvalue weighted by molar-refractivity contribution is 6.17. The zero-order valence-electron chi connectivity index (χ0n) is 11.3. The fourth-order valence-electron chi connectivity index (χ4n) is 1.90. The van der Waals surface area contributed by atoms with E-state index in [0.717, 1.165) is 31.3 Å². The van der Waals surface area contributed by atoms with Gasteiger partial charge >= 0.3 is 5.97 Å². The normalized spacial score (nSPS) is 16.1. The molecule has 0 aromatic carbocycles. The number of hydrogen-bond acceptors (Lipinski definition) is 3. The summed E-state index contributed by atoms with van der Waals surface area (Å²) in [6, 6.07) is 0. The van der Waals surface area contributed by atoms with E-state index in [1.165, 1.54) is 6.42 Å². The summed E-state index contributed by atoms with van der Waals surface area (Å²) < 4.78 is 5.06. The molecule has 3 heteroatoms. The van der Waals surface area contributed by atoms with Crippen LogP contribution in [0, 0.1) is 0 Å². The first-order valence-electron chi connectivity index (χ1n) is 6.80. The summed E-state index contributed by atoms with van der Waals surface area (Å²) in [6.45, 7) is 4.06. The van der Waals surface area contributed by atoms with Crippen LogP contribution in [0.2, 0.25) is 0 Å². The third kappa shape index (κ3) is 4.47. The van der Waals surface area contributed by atoms with Crippen LogP contribution in [0.3, 0.4) is 0 Å². The molecule has 0 fully saturated rings. The SMILES string of the molecule is CCCOC(=O)C(=CC1=CCCCC1)C(=O)CC. The van der Waals surface area contributed by atoms with Gasteiger partial charge in [0.1, 0.15) is 5.57 Å². The van der Waals surface area contributed by atoms with Gasteiger partial charge in [0, 0.05) is 6.42 Å². The Balaban J connectivity index is 2.83. The van der Waals surface area contributed by atoms with Crippen molar-refractivity contribution in [2.75, 3.05) is 6.61 Å². The number of rotatable bonds is 6. The third-order valence-electron chi connectivity index (χ3n) is 2.93. The Bertz CT molecular complexity index is 364. The summed E-state index contributed by atoms with van der Waals surface area (Å²) in [6.07, 6.45) is 9.23. The van der Waals surface area contributed by atoms with Crippen LogP contribution in [0.25, 0.3) is 0 Å². The van der Waals surface area contributed by atoms with Gasteiger partial charge in [-0.25, -0.2) is 4.79 Å². The maximum Gasteiger partial charge on any atom is 0.341 e. The monoisotopic (exact) mass is 250 g/mol. The smallest absolute Gasteiger partial charge is 0.341 e. The van der Waals surface area contributed by atoms with E-state index in [1.54, 1.807) is 13.0 Å². The van der Waals surface area contributed by atoms with Gasteiger partial charge in [0.25, 0.3) is 0 Å². The molecular weight excluding hydrogens is 228 g/mol. The van der Waals surface area contributed by atoms with Crippen molar-refractivity contribution in [1.29, 1.82) is 0 Å². The summed E-state index contributed by atoms with van der Waals surface area (Å²) in [5.41, 5.74) is 1.30. The van der Waals surface area contributed by atoms with Crippen molar-refractivity contribution in [3.05, 3.63) is 23.3 Å². The molecule has 1 rings (SSSR count). The predicted molar refractivity (Wildman–Crippen MR) is 71.2 cm³/mol. The van der Waals surface area contributed by atoms with Gasteiger partial charge in [0.2, 0.25) is 0 Å². The van der Waals surface area contributed by atoms with Gasteiger partial charge in [-0.15, -0.1) is 0 Å². The molecular formula is C15H22O3. The molecule has 1 aliphatic carbocycles. The van der Waals surface area contributed by atoms with E-state index in [2.05, 4.69) is 6.08 Å². The minimum atomic E-state index is -0.477. The zero-order valence-corrected chi connectivity index (χ0v) is 11.3. The van der Waals surface area contributed by atoms with Crippen molar-refractivity contribution in [1.82, 2.24) is 0 Å². The minimum Gasteiger partial charge on any atom is -0.462 e. The Morgan fingerprint density at radius 2 is 2.11 bits per heavy atom. The fourth-order valence-corrected chi connectivity index (χ4v) is 1.90. The first kappa shape index (κ1) is 14.7. The third-order valence-corrected chi connectivity index (χ3v) is 2.93. The Kier molecular flexibility index (Phi) is 6.40. The minimum absolute atomic E-state index is 0.137. The predicted octanol–water partition coefficient (Wildman–Crippen LogP) is 3.35. The van der Waals surface area contributed by atoms with Gasteiger partial charge in [0.15, 0.2) is 5.78 Å². The first-order valence-corrected chi connectivity index (χ1v) is 6.80. The molecule has 18 heavy (non-hydrogen) atoms. The lowest BCUT2D eigenvalue weighted by atomic mass is 9.96. The van der Waals surface area contributed by atoms with E-state index in [4.69, 9.17) is 4.74 Å². The lowest BCUT2D eigenvalue weighted by molar-refractivity contribution is -0.140. The maximum absolute atomic E-state index is 11.8. The number of ether oxygens (including phenoxy) is 1. The Hall–Kier alpha value is -1.38. The first-order chi connectivity index (χ1) is 8.69. The van der Waals surface area contributed by atoms with Crippen molar-refractivity contribution >= 4 is 11.8 Å². The van der Waals surface area contributed by atoms with E-state index in [9.17, 15) is 9.59 Å². The van der Waals surface area contributed by atoms with Crippen LogP contribution < -0.4 is 0 Å². The summed E-state index contributed by atoms with van der Waals surface area (Å²) >= 11 is 0. The molecule has 0 unspecified atom stereocenters. The molecule has 0 bridgehead atoms. The summed E-state index contributed by atoms with van der Waals surface area (Å²) in [5.74, 6) is -0.613. The van der Waals surface area contributed by atoms with Crippen molar-refractivity contribution < 1.29 is 14.3 Å². The lowest BCUT2D eigenvalue weighted by Gasteiger charge is -2.11. The molecule has 3 nitrogen and oxygen atoms in total. The second-order valence-electron chi connectivity index (χ2n) is 4.50. The van der Waals surface area contributed by atoms with E-state index in [1.807, 2.05) is 6.92 Å². The quantitative estimate of drug-likeness (QED) is 0.314. The second-order valence-corrected chi connectivity index (χ2v) is 4.50. The summed E-state index contributed by atoms with van der Waals surface area (Å²) in [7, 11) is 0. The average molecular weight is 250 g/mol. The van der Waals surface area contributed by atoms with Gasteiger partial charge in [-0.1, -0.05) is 25.5 Å². The maximum atomic E-state index is 11.8. The molecule has 1 aliphatic rings. The van der Waals surface area contributed by atoms with Crippen LogP contribution in [0.5, 0.6) is 0 Å². The van der Waals surface area contributed by atoms with Crippen molar-refractivity contribution in [2.24, 2.45) is 0 Å². The second kappa shape index (κ2) is 7.85. The van der Waals surface area contributed by atoms with E-state index >= 15 is 0 Å². The van der Waals surface area contributed by atoms with Crippen LogP contribution in [-0.4, -0.2) is 18.4 Å². The number of carbonyl (C=O) groups excluding carboxylic acids is 2. The highest BCUT2D eigenvalue weighted by Crippen LogP contribution is 2.20. The Labute approximate surface area is 109 Å². The summed E-state index contributed by atoms with van der Waals surface area (Å²) in [4.78, 5) is 23.6. The van der Waals surface area contributed by atoms with Crippen molar-refractivity contribution in [3.63, 3.8) is 0 Å². The molecule has 0 aliphatic heterocycles. The number of Topliss-reactive ketones (excluding diaryl/α,β-unsaturated/α-hetero) is 1. The fraction of sp³-hybridized carbons (Fsp3) is 0.600. The molecule has 0 atom stereocenters. The van der Waals surface area contributed by atoms with Crippen LogP contribution in [0.1, 0.15) is 52.4 Å². The standard InChI is InChI=1S/C15H22O3/c1-3-10-18-15(17)13(14(16)4-2)11-12-8-6-5-7-9-12/h8,11H,3-7,9-10H2,1-2H3. The Morgan fingerprint density at radius 3 is 2.67 bits per heavy atom. The van der Waals surface area contributed by atoms with Crippen LogP contribution >= 0.6 is 0 Å².